The molecule has 9 heteroatoms. The number of nitrogens with one attached hydrogen (secondary N) is 4. The van der Waals surface area contributed by atoms with E-state index < -0.39 is 17.5 Å². The predicted octanol–water partition coefficient (Wildman–Crippen LogP) is 1.42. The number of hydrogen-bond acceptors (Lipinski definition) is 3. The lowest BCUT2D eigenvalue weighted by atomic mass is 9.90. The second-order valence-electron chi connectivity index (χ2n) is 5.67. The minimum absolute atomic E-state index is 0.0470. The summed E-state index contributed by atoms with van der Waals surface area (Å²) < 4.78 is 13.3. The number of benzene rings is 1. The summed E-state index contributed by atoms with van der Waals surface area (Å²) in [6.45, 7) is 0.239. The highest BCUT2D eigenvalue weighted by Gasteiger charge is 2.42. The molecule has 1 aromatic rings. The minimum Gasteiger partial charge on any atom is -0.366 e. The molecule has 0 aromatic heterocycles. The quantitative estimate of drug-likeness (QED) is 0.764. The number of likely N-dealkylation sites (N-methyl/N-ethyl adjacent to an activating group) is 1. The minimum atomic E-state index is -1.18. The van der Waals surface area contributed by atoms with Crippen LogP contribution >= 0.6 is 11.6 Å². The van der Waals surface area contributed by atoms with E-state index in [1.165, 1.54) is 37.2 Å². The van der Waals surface area contributed by atoms with Crippen molar-refractivity contribution < 1.29 is 14.0 Å². The molecule has 0 aliphatic carbocycles. The summed E-state index contributed by atoms with van der Waals surface area (Å²) in [7, 11) is 2.97. The lowest BCUT2D eigenvalue weighted by Gasteiger charge is -2.43. The molecule has 1 aliphatic rings. The predicted molar refractivity (Wildman–Crippen MR) is 89.1 cm³/mol. The number of rotatable bonds is 3. The Bertz CT molecular complexity index is 644. The fraction of sp³-hybridized carbons (Fsp3) is 0.467. The number of nitrogens with zero attached hydrogens (tertiary/aromatic N) is 1. The molecule has 0 saturated carbocycles. The summed E-state index contributed by atoms with van der Waals surface area (Å²) in [5.41, 5.74) is 7.89. The maximum absolute atomic E-state index is 13.3. The van der Waals surface area contributed by atoms with Crippen LogP contribution in [0.25, 0.3) is 0 Å². The van der Waals surface area contributed by atoms with Crippen molar-refractivity contribution in [3.8, 4) is 0 Å². The zero-order valence-electron chi connectivity index (χ0n) is 13.5. The van der Waals surface area contributed by atoms with Gasteiger partial charge in [-0.05, 0) is 18.2 Å². The van der Waals surface area contributed by atoms with Crippen LogP contribution in [0.4, 0.5) is 14.9 Å². The van der Waals surface area contributed by atoms with E-state index in [2.05, 4.69) is 16.0 Å². The first kappa shape index (κ1) is 18.3. The second kappa shape index (κ2) is 7.23. The topological polar surface area (TPSA) is 97.3 Å². The molecule has 0 spiro atoms. The molecule has 2 atom stereocenters. The molecule has 1 aliphatic heterocycles. The van der Waals surface area contributed by atoms with Gasteiger partial charge >= 0.3 is 6.03 Å². The van der Waals surface area contributed by atoms with Crippen molar-refractivity contribution in [3.05, 3.63) is 29.0 Å². The van der Waals surface area contributed by atoms with Crippen molar-refractivity contribution >= 4 is 29.2 Å². The number of urea groups is 1. The van der Waals surface area contributed by atoms with E-state index in [0.717, 1.165) is 0 Å². The molecule has 7 nitrogen and oxygen atoms in total. The number of hydrogen-bond donors (Lipinski definition) is 3. The molecule has 24 heavy (non-hydrogen) atoms. The zero-order valence-corrected chi connectivity index (χ0v) is 14.2. The van der Waals surface area contributed by atoms with Crippen molar-refractivity contribution in [2.75, 3.05) is 26.0 Å². The molecule has 131 valence electrons. The molecule has 4 N–H and O–H groups in total. The summed E-state index contributed by atoms with van der Waals surface area (Å²) in [6, 6.07) is 2.95. The Labute approximate surface area is 144 Å². The van der Waals surface area contributed by atoms with Crippen LogP contribution in [0.15, 0.2) is 18.2 Å². The van der Waals surface area contributed by atoms with Gasteiger partial charge in [-0.1, -0.05) is 11.6 Å². The molecule has 3 amide bonds. The van der Waals surface area contributed by atoms with Gasteiger partial charge in [0.15, 0.2) is 0 Å². The third-order valence-electron chi connectivity index (χ3n) is 4.02. The Kier molecular flexibility index (Phi) is 5.51. The van der Waals surface area contributed by atoms with E-state index in [-0.39, 0.29) is 29.9 Å². The van der Waals surface area contributed by atoms with Gasteiger partial charge in [-0.25, -0.2) is 14.9 Å². The molecule has 1 aromatic carbocycles. The molecule has 1 heterocycles. The summed E-state index contributed by atoms with van der Waals surface area (Å²) in [5.74, 6) is -0.882. The summed E-state index contributed by atoms with van der Waals surface area (Å²) in [5, 5.41) is 7.96. The van der Waals surface area contributed by atoms with Crippen LogP contribution in [-0.2, 0) is 4.79 Å². The van der Waals surface area contributed by atoms with Gasteiger partial charge in [0.1, 0.15) is 17.5 Å². The van der Waals surface area contributed by atoms with Gasteiger partial charge in [-0.3, -0.25) is 4.79 Å². The second-order valence-corrected chi connectivity index (χ2v) is 6.08. The number of carbonyl (C=O) groups excluding carboxylic acids is 2. The van der Waals surface area contributed by atoms with Gasteiger partial charge in [-0.2, -0.15) is 0 Å². The molecule has 1 fully saturated rings. The highest BCUT2D eigenvalue weighted by Crippen LogP contribution is 2.29. The maximum Gasteiger partial charge on any atom is 0.317 e. The van der Waals surface area contributed by atoms with Gasteiger partial charge in [0, 0.05) is 39.2 Å². The maximum atomic E-state index is 13.3. The molecule has 0 bridgehead atoms. The van der Waals surface area contributed by atoms with Crippen LogP contribution in [0, 0.1) is 5.82 Å². The third-order valence-corrected chi connectivity index (χ3v) is 4.31. The van der Waals surface area contributed by atoms with Crippen molar-refractivity contribution in [3.63, 3.8) is 0 Å². The Morgan fingerprint density at radius 2 is 2.08 bits per heavy atom. The number of halogens is 2. The zero-order chi connectivity index (χ0) is 17.9. The van der Waals surface area contributed by atoms with Crippen LogP contribution in [0.1, 0.15) is 12.8 Å². The lowest BCUT2D eigenvalue weighted by molar-refractivity contribution is -0.126. The Morgan fingerprint density at radius 1 is 1.38 bits per heavy atom. The first-order valence-electron chi connectivity index (χ1n) is 7.48. The molecular weight excluding hydrogens is 337 g/mol. The first-order chi connectivity index (χ1) is 11.3. The van der Waals surface area contributed by atoms with E-state index in [1.54, 1.807) is 0 Å². The molecular formula is C15H20ClFN5O2. The highest BCUT2D eigenvalue weighted by atomic mass is 35.5. The molecule has 2 rings (SSSR count). The lowest BCUT2D eigenvalue weighted by Crippen LogP contribution is -2.61. The molecule has 1 radical (unpaired) electrons. The average Bonchev–Trinajstić information content (AvgIpc) is 2.56. The Balaban J connectivity index is 2.20. The van der Waals surface area contributed by atoms with Crippen molar-refractivity contribution in [1.82, 2.24) is 21.3 Å². The monoisotopic (exact) mass is 356 g/mol. The third kappa shape index (κ3) is 3.88. The smallest absolute Gasteiger partial charge is 0.317 e. The molecule has 2 unspecified atom stereocenters. The number of piperidine rings is 1. The summed E-state index contributed by atoms with van der Waals surface area (Å²) >= 11 is 5.76. The van der Waals surface area contributed by atoms with Crippen LogP contribution < -0.4 is 21.7 Å². The summed E-state index contributed by atoms with van der Waals surface area (Å²) in [6.07, 6.45) is 0.401. The van der Waals surface area contributed by atoms with Gasteiger partial charge in [0.05, 0.1) is 5.02 Å². The van der Waals surface area contributed by atoms with Crippen molar-refractivity contribution in [2.24, 2.45) is 0 Å². The van der Waals surface area contributed by atoms with Gasteiger partial charge in [-0.15, -0.1) is 0 Å². The Hall–Kier alpha value is -2.06. The van der Waals surface area contributed by atoms with Crippen LogP contribution in [0.2, 0.25) is 5.02 Å². The largest absolute Gasteiger partial charge is 0.366 e. The van der Waals surface area contributed by atoms with Gasteiger partial charge < -0.3 is 20.9 Å². The van der Waals surface area contributed by atoms with Crippen LogP contribution in [0.5, 0.6) is 0 Å². The van der Waals surface area contributed by atoms with Crippen molar-refractivity contribution in [2.45, 2.75) is 24.5 Å². The van der Waals surface area contributed by atoms with Crippen LogP contribution in [-0.4, -0.2) is 49.2 Å². The van der Waals surface area contributed by atoms with E-state index in [1.807, 2.05) is 0 Å². The van der Waals surface area contributed by atoms with E-state index >= 15 is 0 Å². The normalized spacial score (nSPS) is 23.5. The standard InChI is InChI=1S/C15H20ClFN5O2/c1-19-13(23)12-8-15(18,5-6-22(12)14(24)20-2)21-9-3-4-11(17)10(16)7-9/h3-4,7,12,18,21H,5-6,8H2,1-2H3,(H,19,23)(H,20,24). The van der Waals surface area contributed by atoms with Crippen LogP contribution in [0.3, 0.4) is 0 Å². The average molecular weight is 357 g/mol. The number of anilines is 1. The van der Waals surface area contributed by atoms with Gasteiger partial charge in [0.25, 0.3) is 0 Å². The van der Waals surface area contributed by atoms with Gasteiger partial charge in [0.2, 0.25) is 5.91 Å². The van der Waals surface area contributed by atoms with E-state index in [4.69, 9.17) is 17.3 Å². The van der Waals surface area contributed by atoms with E-state index in [9.17, 15) is 14.0 Å². The first-order valence-corrected chi connectivity index (χ1v) is 7.85. The fourth-order valence-corrected chi connectivity index (χ4v) is 2.94. The number of carbonyl (C=O) groups is 2. The molecule has 1 saturated heterocycles. The van der Waals surface area contributed by atoms with E-state index in [0.29, 0.717) is 12.1 Å². The van der Waals surface area contributed by atoms with Crippen molar-refractivity contribution in [1.29, 1.82) is 0 Å². The Morgan fingerprint density at radius 3 is 2.67 bits per heavy atom. The SMILES string of the molecule is CNC(=O)C1CC([NH])(Nc2ccc(F)c(Cl)c2)CCN1C(=O)NC. The fourth-order valence-electron chi connectivity index (χ4n) is 2.76. The number of amides is 3. The summed E-state index contributed by atoms with van der Waals surface area (Å²) in [4.78, 5) is 25.5. The number of likely N-dealkylation sites (tertiary alicyclic amines) is 1. The highest BCUT2D eigenvalue weighted by molar-refractivity contribution is 6.31.